The first-order valence-electron chi connectivity index (χ1n) is 5.13. The Hall–Kier alpha value is -1.43. The number of hydrogen-bond acceptors (Lipinski definition) is 4. The van der Waals surface area contributed by atoms with E-state index in [-0.39, 0.29) is 17.8 Å². The van der Waals surface area contributed by atoms with Crippen LogP contribution in [0.25, 0.3) is 0 Å². The molecule has 1 fully saturated rings. The van der Waals surface area contributed by atoms with Crippen molar-refractivity contribution in [1.29, 1.82) is 0 Å². The third-order valence-corrected chi connectivity index (χ3v) is 4.59. The number of carbonyl (C=O) groups is 2. The number of nitrogens with zero attached hydrogens (tertiary/aromatic N) is 1. The molecule has 1 aliphatic heterocycles. The lowest BCUT2D eigenvalue weighted by molar-refractivity contribution is -0.122. The van der Waals surface area contributed by atoms with E-state index in [0.29, 0.717) is 0 Å². The molecule has 17 heavy (non-hydrogen) atoms. The number of ketones is 1. The van der Waals surface area contributed by atoms with Crippen LogP contribution in [0.15, 0.2) is 24.3 Å². The molecule has 1 unspecified atom stereocenters. The Morgan fingerprint density at radius 3 is 2.59 bits per heavy atom. The zero-order valence-electron chi connectivity index (χ0n) is 9.63. The van der Waals surface area contributed by atoms with Gasteiger partial charge in [-0.15, -0.1) is 0 Å². The van der Waals surface area contributed by atoms with E-state index < -0.39 is 27.4 Å². The first kappa shape index (κ1) is 12.0. The van der Waals surface area contributed by atoms with Gasteiger partial charge in [0.1, 0.15) is 0 Å². The van der Waals surface area contributed by atoms with Crippen LogP contribution in [0.4, 0.5) is 0 Å². The molecular formula is C11H13NO4S. The molecule has 2 aliphatic rings. The lowest BCUT2D eigenvalue weighted by Crippen LogP contribution is -2.49. The summed E-state index contributed by atoms with van der Waals surface area (Å²) in [7, 11) is -3.67. The summed E-state index contributed by atoms with van der Waals surface area (Å²) in [4.78, 5) is 23.3. The van der Waals surface area contributed by atoms with Gasteiger partial charge in [0.05, 0.1) is 11.8 Å². The second-order valence-electron chi connectivity index (χ2n) is 4.64. The number of amides is 1. The second kappa shape index (κ2) is 3.29. The van der Waals surface area contributed by atoms with E-state index in [1.54, 1.807) is 6.92 Å². The zero-order valence-corrected chi connectivity index (χ0v) is 10.5. The van der Waals surface area contributed by atoms with Gasteiger partial charge < -0.3 is 0 Å². The fourth-order valence-corrected chi connectivity index (χ4v) is 3.87. The number of sulfonamides is 1. The fraction of sp³-hybridized carbons (Fsp3) is 0.455. The average Bonchev–Trinajstić information content (AvgIpc) is 2.37. The van der Waals surface area contributed by atoms with Gasteiger partial charge in [-0.3, -0.25) is 9.59 Å². The van der Waals surface area contributed by atoms with Crippen molar-refractivity contribution in [2.75, 3.05) is 6.26 Å². The van der Waals surface area contributed by atoms with E-state index in [1.807, 2.05) is 0 Å². The van der Waals surface area contributed by atoms with Crippen LogP contribution in [0.1, 0.15) is 13.3 Å². The Kier molecular flexibility index (Phi) is 2.33. The van der Waals surface area contributed by atoms with Gasteiger partial charge >= 0.3 is 0 Å². The molecule has 92 valence electrons. The molecule has 0 N–H and O–H groups in total. The molecule has 2 atom stereocenters. The highest BCUT2D eigenvalue weighted by Crippen LogP contribution is 2.45. The van der Waals surface area contributed by atoms with E-state index in [4.69, 9.17) is 0 Å². The molecule has 0 aromatic rings. The topological polar surface area (TPSA) is 71.5 Å². The van der Waals surface area contributed by atoms with Gasteiger partial charge in [0.15, 0.2) is 5.78 Å². The molecular weight excluding hydrogens is 242 g/mol. The maximum absolute atomic E-state index is 11.9. The third kappa shape index (κ3) is 1.55. The van der Waals surface area contributed by atoms with Gasteiger partial charge in [0.25, 0.3) is 5.91 Å². The quantitative estimate of drug-likeness (QED) is 0.630. The monoisotopic (exact) mass is 255 g/mol. The van der Waals surface area contributed by atoms with E-state index in [2.05, 4.69) is 6.58 Å². The summed E-state index contributed by atoms with van der Waals surface area (Å²) in [6.07, 6.45) is 3.93. The van der Waals surface area contributed by atoms with Crippen molar-refractivity contribution in [1.82, 2.24) is 4.31 Å². The first-order chi connectivity index (χ1) is 7.68. The van der Waals surface area contributed by atoms with E-state index in [1.165, 1.54) is 12.2 Å². The summed E-state index contributed by atoms with van der Waals surface area (Å²) < 4.78 is 24.2. The summed E-state index contributed by atoms with van der Waals surface area (Å²) in [5, 5.41) is 0. The van der Waals surface area contributed by atoms with Crippen molar-refractivity contribution in [2.24, 2.45) is 5.92 Å². The largest absolute Gasteiger partial charge is 0.295 e. The molecule has 1 heterocycles. The molecule has 1 amide bonds. The first-order valence-corrected chi connectivity index (χ1v) is 6.98. The molecule has 5 nitrogen and oxygen atoms in total. The second-order valence-corrected chi connectivity index (χ2v) is 6.47. The summed E-state index contributed by atoms with van der Waals surface area (Å²) >= 11 is 0. The van der Waals surface area contributed by atoms with Crippen molar-refractivity contribution < 1.29 is 18.0 Å². The van der Waals surface area contributed by atoms with Crippen LogP contribution >= 0.6 is 0 Å². The Labute approximate surface area is 99.8 Å². The van der Waals surface area contributed by atoms with Crippen molar-refractivity contribution in [3.63, 3.8) is 0 Å². The highest BCUT2D eigenvalue weighted by Gasteiger charge is 2.56. The van der Waals surface area contributed by atoms with Crippen molar-refractivity contribution >= 4 is 21.7 Å². The van der Waals surface area contributed by atoms with Crippen LogP contribution in [0.5, 0.6) is 0 Å². The molecule has 0 bridgehead atoms. The van der Waals surface area contributed by atoms with Crippen LogP contribution in [0.2, 0.25) is 0 Å². The van der Waals surface area contributed by atoms with Crippen LogP contribution in [0, 0.1) is 5.92 Å². The molecule has 1 aliphatic carbocycles. The summed E-state index contributed by atoms with van der Waals surface area (Å²) in [6, 6.07) is 0. The van der Waals surface area contributed by atoms with Crippen LogP contribution in [0.3, 0.4) is 0 Å². The summed E-state index contributed by atoms with van der Waals surface area (Å²) in [6.45, 7) is 5.26. The fourth-order valence-electron chi connectivity index (χ4n) is 2.55. The molecule has 0 aromatic carbocycles. The minimum Gasteiger partial charge on any atom is -0.295 e. The molecule has 0 saturated carbocycles. The van der Waals surface area contributed by atoms with Crippen LogP contribution in [-0.2, 0) is 19.6 Å². The van der Waals surface area contributed by atoms with Crippen LogP contribution in [-0.4, -0.2) is 36.2 Å². The number of carbonyl (C=O) groups excluding carboxylic acids is 2. The van der Waals surface area contributed by atoms with Gasteiger partial charge in [-0.05, 0) is 13.0 Å². The van der Waals surface area contributed by atoms with Crippen molar-refractivity contribution in [2.45, 2.75) is 18.9 Å². The predicted molar refractivity (Wildman–Crippen MR) is 61.5 cm³/mol. The highest BCUT2D eigenvalue weighted by molar-refractivity contribution is 7.89. The molecule has 2 rings (SSSR count). The lowest BCUT2D eigenvalue weighted by Gasteiger charge is -2.36. The maximum atomic E-state index is 11.9. The van der Waals surface area contributed by atoms with E-state index in [9.17, 15) is 18.0 Å². The third-order valence-electron chi connectivity index (χ3n) is 3.37. The number of hydrogen-bond donors (Lipinski definition) is 0. The summed E-state index contributed by atoms with van der Waals surface area (Å²) in [5.41, 5.74) is -0.800. The minimum absolute atomic E-state index is 0.114. The highest BCUT2D eigenvalue weighted by atomic mass is 32.2. The normalized spacial score (nSPS) is 33.2. The predicted octanol–water partition coefficient (Wildman–Crippen LogP) is 0.248. The number of allylic oxidation sites excluding steroid dienone is 1. The Morgan fingerprint density at radius 1 is 1.47 bits per heavy atom. The minimum atomic E-state index is -3.67. The maximum Gasteiger partial charge on any atom is 0.263 e. The van der Waals surface area contributed by atoms with Crippen LogP contribution < -0.4 is 0 Å². The SMILES string of the molecule is C=C1C(=O)N(S(C)(=O)=O)[C@]2(C)C=CC(=O)CC12. The lowest BCUT2D eigenvalue weighted by atomic mass is 9.78. The zero-order chi connectivity index (χ0) is 13.0. The van der Waals surface area contributed by atoms with E-state index in [0.717, 1.165) is 10.6 Å². The van der Waals surface area contributed by atoms with Gasteiger partial charge in [0.2, 0.25) is 10.0 Å². The van der Waals surface area contributed by atoms with Crippen molar-refractivity contribution in [3.05, 3.63) is 24.3 Å². The Morgan fingerprint density at radius 2 is 2.06 bits per heavy atom. The molecule has 0 radical (unpaired) electrons. The Balaban J connectivity index is 2.64. The number of rotatable bonds is 1. The summed E-state index contributed by atoms with van der Waals surface area (Å²) in [5.74, 6) is -1.18. The van der Waals surface area contributed by atoms with Gasteiger partial charge in [0, 0.05) is 17.9 Å². The van der Waals surface area contributed by atoms with Gasteiger partial charge in [-0.1, -0.05) is 12.7 Å². The molecule has 1 saturated heterocycles. The molecule has 0 aromatic heterocycles. The average molecular weight is 255 g/mol. The smallest absolute Gasteiger partial charge is 0.263 e. The Bertz CT molecular complexity index is 560. The molecule has 6 heteroatoms. The van der Waals surface area contributed by atoms with Gasteiger partial charge in [-0.25, -0.2) is 12.7 Å². The molecule has 0 spiro atoms. The number of fused-ring (bicyclic) bond motifs is 1. The van der Waals surface area contributed by atoms with E-state index >= 15 is 0 Å². The van der Waals surface area contributed by atoms with Crippen molar-refractivity contribution in [3.8, 4) is 0 Å². The van der Waals surface area contributed by atoms with Gasteiger partial charge in [-0.2, -0.15) is 0 Å². The standard InChI is InChI=1S/C11H13NO4S/c1-7-9-6-8(13)4-5-11(9,2)12(10(7)14)17(3,15)16/h4-5,9H,1,6H2,2-3H3/t9?,11-/m1/s1.